The zero-order valence-electron chi connectivity index (χ0n) is 6.97. The van der Waals surface area contributed by atoms with E-state index in [1.54, 1.807) is 0 Å². The maximum absolute atomic E-state index is 9.54. The zero-order chi connectivity index (χ0) is 9.26. The number of aromatic nitrogens is 1. The van der Waals surface area contributed by atoms with Crippen LogP contribution in [0.15, 0.2) is 36.9 Å². The summed E-state index contributed by atoms with van der Waals surface area (Å²) in [6.45, 7) is 3.54. The van der Waals surface area contributed by atoms with E-state index < -0.39 is 6.10 Å². The summed E-state index contributed by atoms with van der Waals surface area (Å²) in [6, 6.07) is 7.85. The average molecular weight is 191 g/mol. The Bertz CT molecular complexity index is 435. The molecule has 0 spiro atoms. The molecule has 2 rings (SSSR count). The lowest BCUT2D eigenvalue weighted by Gasteiger charge is -2.00. The number of fused-ring (bicyclic) bond motifs is 1. The highest BCUT2D eigenvalue weighted by Gasteiger charge is 2.10. The quantitative estimate of drug-likeness (QED) is 0.740. The molecule has 0 radical (unpaired) electrons. The number of hydrogen-bond acceptors (Lipinski definition) is 3. The Kier molecular flexibility index (Phi) is 2.12. The van der Waals surface area contributed by atoms with Crippen molar-refractivity contribution in [3.05, 3.63) is 42.6 Å². The minimum Gasteiger partial charge on any atom is -0.383 e. The normalized spacial score (nSPS) is 13.0. The van der Waals surface area contributed by atoms with Crippen molar-refractivity contribution < 1.29 is 5.11 Å². The van der Waals surface area contributed by atoms with Crippen LogP contribution in [0.3, 0.4) is 0 Å². The average Bonchev–Trinajstić information content (AvgIpc) is 2.60. The number of hydrogen-bond donors (Lipinski definition) is 1. The van der Waals surface area contributed by atoms with Crippen LogP contribution in [-0.4, -0.2) is 9.48 Å². The Balaban J connectivity index is 2.64. The lowest BCUT2D eigenvalue weighted by atomic mass is 10.1. The van der Waals surface area contributed by atoms with Crippen molar-refractivity contribution >= 4 is 21.6 Å². The van der Waals surface area contributed by atoms with E-state index >= 15 is 0 Å². The predicted octanol–water partition coefficient (Wildman–Crippen LogP) is 2.52. The van der Waals surface area contributed by atoms with Gasteiger partial charge in [0.05, 0.1) is 10.4 Å². The van der Waals surface area contributed by atoms with Crippen molar-refractivity contribution in [2.75, 3.05) is 0 Å². The van der Waals surface area contributed by atoms with Crippen LogP contribution in [-0.2, 0) is 0 Å². The van der Waals surface area contributed by atoms with Gasteiger partial charge < -0.3 is 5.11 Å². The Morgan fingerprint density at radius 1 is 1.46 bits per heavy atom. The van der Waals surface area contributed by atoms with Gasteiger partial charge >= 0.3 is 0 Å². The van der Waals surface area contributed by atoms with Crippen LogP contribution in [0.2, 0.25) is 0 Å². The molecule has 0 aliphatic rings. The summed E-state index contributed by atoms with van der Waals surface area (Å²) < 4.78 is 5.28. The van der Waals surface area contributed by atoms with Crippen LogP contribution in [0.5, 0.6) is 0 Å². The number of benzene rings is 1. The Hall–Kier alpha value is -1.19. The summed E-state index contributed by atoms with van der Waals surface area (Å²) in [5.41, 5.74) is 0.704. The fourth-order valence-electron chi connectivity index (χ4n) is 1.23. The van der Waals surface area contributed by atoms with Crippen molar-refractivity contribution in [1.82, 2.24) is 4.37 Å². The van der Waals surface area contributed by atoms with E-state index in [9.17, 15) is 5.11 Å². The van der Waals surface area contributed by atoms with E-state index in [4.69, 9.17) is 0 Å². The smallest absolute Gasteiger partial charge is 0.116 e. The van der Waals surface area contributed by atoms with Gasteiger partial charge in [-0.15, -0.1) is 6.58 Å². The van der Waals surface area contributed by atoms with Crippen LogP contribution in [0, 0.1) is 0 Å². The standard InChI is InChI=1S/C10H9NOS/c1-2-8(12)10-7-5-3-4-6-9(7)13-11-10/h2-6,8,12H,1H2. The maximum Gasteiger partial charge on any atom is 0.116 e. The molecule has 1 heterocycles. The first kappa shape index (κ1) is 8.41. The molecule has 1 unspecified atom stereocenters. The van der Waals surface area contributed by atoms with Gasteiger partial charge in [-0.25, -0.2) is 0 Å². The van der Waals surface area contributed by atoms with Gasteiger partial charge in [0.1, 0.15) is 6.10 Å². The summed E-state index contributed by atoms with van der Waals surface area (Å²) >= 11 is 1.40. The van der Waals surface area contributed by atoms with Crippen molar-refractivity contribution in [3.8, 4) is 0 Å². The third kappa shape index (κ3) is 1.36. The van der Waals surface area contributed by atoms with Crippen LogP contribution in [0.4, 0.5) is 0 Å². The van der Waals surface area contributed by atoms with Gasteiger partial charge in [0.2, 0.25) is 0 Å². The molecule has 1 aromatic heterocycles. The molecular weight excluding hydrogens is 182 g/mol. The second kappa shape index (κ2) is 3.28. The van der Waals surface area contributed by atoms with Gasteiger partial charge in [-0.1, -0.05) is 24.3 Å². The molecule has 0 aliphatic carbocycles. The summed E-state index contributed by atoms with van der Waals surface area (Å²) in [7, 11) is 0. The first-order valence-corrected chi connectivity index (χ1v) is 4.75. The molecule has 0 saturated heterocycles. The molecule has 0 bridgehead atoms. The number of aliphatic hydroxyl groups is 1. The predicted molar refractivity (Wildman–Crippen MR) is 54.8 cm³/mol. The van der Waals surface area contributed by atoms with E-state index in [1.807, 2.05) is 24.3 Å². The molecule has 2 nitrogen and oxygen atoms in total. The van der Waals surface area contributed by atoms with Crippen LogP contribution >= 0.6 is 11.5 Å². The minimum atomic E-state index is -0.656. The summed E-state index contributed by atoms with van der Waals surface area (Å²) in [5.74, 6) is 0. The Labute approximate surface area is 80.3 Å². The lowest BCUT2D eigenvalue weighted by Crippen LogP contribution is -1.92. The molecule has 1 N–H and O–H groups in total. The summed E-state index contributed by atoms with van der Waals surface area (Å²) in [4.78, 5) is 0. The first-order chi connectivity index (χ1) is 6.33. The van der Waals surface area contributed by atoms with Crippen molar-refractivity contribution in [1.29, 1.82) is 0 Å². The van der Waals surface area contributed by atoms with E-state index in [2.05, 4.69) is 11.0 Å². The zero-order valence-corrected chi connectivity index (χ0v) is 7.79. The Morgan fingerprint density at radius 2 is 2.23 bits per heavy atom. The van der Waals surface area contributed by atoms with E-state index in [-0.39, 0.29) is 0 Å². The first-order valence-electron chi connectivity index (χ1n) is 3.98. The Morgan fingerprint density at radius 3 is 3.00 bits per heavy atom. The van der Waals surface area contributed by atoms with Gasteiger partial charge in [-0.3, -0.25) is 0 Å². The molecule has 1 aromatic carbocycles. The van der Waals surface area contributed by atoms with E-state index in [0.717, 1.165) is 10.1 Å². The van der Waals surface area contributed by atoms with Gasteiger partial charge in [-0.05, 0) is 17.6 Å². The van der Waals surface area contributed by atoms with Gasteiger partial charge in [0.25, 0.3) is 0 Å². The minimum absolute atomic E-state index is 0.656. The topological polar surface area (TPSA) is 33.1 Å². The number of aliphatic hydroxyl groups excluding tert-OH is 1. The third-order valence-corrected chi connectivity index (χ3v) is 2.75. The monoisotopic (exact) mass is 191 g/mol. The second-order valence-electron chi connectivity index (χ2n) is 2.74. The fraction of sp³-hybridized carbons (Fsp3) is 0.100. The van der Waals surface area contributed by atoms with E-state index in [1.165, 1.54) is 17.6 Å². The highest BCUT2D eigenvalue weighted by molar-refractivity contribution is 7.13. The largest absolute Gasteiger partial charge is 0.383 e. The molecule has 0 saturated carbocycles. The highest BCUT2D eigenvalue weighted by Crippen LogP contribution is 2.26. The van der Waals surface area contributed by atoms with Gasteiger partial charge in [0.15, 0.2) is 0 Å². The fourth-order valence-corrected chi connectivity index (χ4v) is 2.04. The molecule has 66 valence electrons. The summed E-state index contributed by atoms with van der Waals surface area (Å²) in [6.07, 6.45) is 0.831. The van der Waals surface area contributed by atoms with Crippen molar-refractivity contribution in [2.24, 2.45) is 0 Å². The van der Waals surface area contributed by atoms with Gasteiger partial charge in [0, 0.05) is 5.39 Å². The summed E-state index contributed by atoms with van der Waals surface area (Å²) in [5, 5.41) is 10.6. The molecule has 0 amide bonds. The van der Waals surface area contributed by atoms with Crippen LogP contribution < -0.4 is 0 Å². The van der Waals surface area contributed by atoms with Gasteiger partial charge in [-0.2, -0.15) is 4.37 Å². The molecule has 3 heteroatoms. The molecule has 13 heavy (non-hydrogen) atoms. The van der Waals surface area contributed by atoms with Crippen molar-refractivity contribution in [2.45, 2.75) is 6.10 Å². The molecule has 0 aliphatic heterocycles. The maximum atomic E-state index is 9.54. The second-order valence-corrected chi connectivity index (χ2v) is 3.55. The third-order valence-electron chi connectivity index (χ3n) is 1.91. The lowest BCUT2D eigenvalue weighted by molar-refractivity contribution is 0.227. The number of nitrogens with zero attached hydrogens (tertiary/aromatic N) is 1. The van der Waals surface area contributed by atoms with Crippen molar-refractivity contribution in [3.63, 3.8) is 0 Å². The molecular formula is C10H9NOS. The number of rotatable bonds is 2. The molecule has 2 aromatic rings. The molecule has 1 atom stereocenters. The SMILES string of the molecule is C=CC(O)c1nsc2ccccc12. The highest BCUT2D eigenvalue weighted by atomic mass is 32.1. The molecule has 0 fully saturated rings. The van der Waals surface area contributed by atoms with E-state index in [0.29, 0.717) is 5.69 Å². The van der Waals surface area contributed by atoms with Crippen LogP contribution in [0.1, 0.15) is 11.8 Å². The van der Waals surface area contributed by atoms with Crippen LogP contribution in [0.25, 0.3) is 10.1 Å².